The van der Waals surface area contributed by atoms with E-state index in [1.165, 1.54) is 81.5 Å². The molecule has 0 fully saturated rings. The van der Waals surface area contributed by atoms with E-state index in [2.05, 4.69) is 26.0 Å². The Labute approximate surface area is 241 Å². The molecule has 0 aliphatic heterocycles. The molecule has 1 aromatic rings. The van der Waals surface area contributed by atoms with Gasteiger partial charge in [-0.1, -0.05) is 115 Å². The minimum absolute atomic E-state index is 0.226. The number of rotatable bonds is 26. The van der Waals surface area contributed by atoms with E-state index in [0.29, 0.717) is 12.4 Å². The van der Waals surface area contributed by atoms with Crippen molar-refractivity contribution >= 4 is 38.0 Å². The van der Waals surface area contributed by atoms with E-state index in [9.17, 15) is 19.6 Å². The van der Waals surface area contributed by atoms with Gasteiger partial charge in [0.15, 0.2) is 0 Å². The molecule has 0 aliphatic carbocycles. The summed E-state index contributed by atoms with van der Waals surface area (Å²) in [6.07, 6.45) is 17.3. The Morgan fingerprint density at radius 1 is 0.895 bits per heavy atom. The number of unbranched alkanes of at least 4 members (excludes halogenated alkanes) is 10. The van der Waals surface area contributed by atoms with Gasteiger partial charge in [0.05, 0.1) is 0 Å². The van der Waals surface area contributed by atoms with E-state index >= 15 is 0 Å². The first-order valence-corrected chi connectivity index (χ1v) is 18.0. The van der Waals surface area contributed by atoms with Crippen LogP contribution in [0.5, 0.6) is 0 Å². The van der Waals surface area contributed by atoms with Gasteiger partial charge in [-0.25, -0.2) is 4.79 Å². The second kappa shape index (κ2) is 23.3. The van der Waals surface area contributed by atoms with Crippen molar-refractivity contribution in [1.29, 1.82) is 0 Å². The lowest BCUT2D eigenvalue weighted by Gasteiger charge is -2.29. The first kappa shape index (κ1) is 35.6. The van der Waals surface area contributed by atoms with Crippen LogP contribution in [0, 0.1) is 0 Å². The molecule has 5 nitrogen and oxygen atoms in total. The maximum Gasteiger partial charge on any atom is 0.346 e. The summed E-state index contributed by atoms with van der Waals surface area (Å²) in [5.74, 6) is 1.43. The lowest BCUT2D eigenvalue weighted by Crippen LogP contribution is -2.44. The summed E-state index contributed by atoms with van der Waals surface area (Å²) in [6, 6.07) is 10.2. The summed E-state index contributed by atoms with van der Waals surface area (Å²) >= 11 is 3.19. The first-order valence-electron chi connectivity index (χ1n) is 14.8. The Morgan fingerprint density at radius 2 is 1.47 bits per heavy atom. The summed E-state index contributed by atoms with van der Waals surface area (Å²) < 4.78 is 17.7. The first-order chi connectivity index (χ1) is 18.5. The monoisotopic (exact) mass is 588 g/mol. The average Bonchev–Trinajstić information content (AvgIpc) is 2.93. The smallest absolute Gasteiger partial charge is 0.346 e. The third kappa shape index (κ3) is 15.4. The minimum atomic E-state index is -2.35. The molecule has 1 aromatic carbocycles. The van der Waals surface area contributed by atoms with E-state index < -0.39 is 25.2 Å². The summed E-state index contributed by atoms with van der Waals surface area (Å²) in [6.45, 7) is 4.76. The number of carbonyl (C=O) groups is 1. The van der Waals surface area contributed by atoms with Gasteiger partial charge >= 0.3 is 5.97 Å². The number of benzene rings is 1. The molecule has 4 atom stereocenters. The standard InChI is InChI=1S/C30H53O5PS2/c1-3-5-7-8-9-10-11-12-13-17-23-37-24-18-22-35-29(30(33,36-34)28(31)32)38-25-27(19-6-4-2)26-20-15-14-16-21-26/h14-16,20-21,27,29,33H,3-13,17-19,22-25,36H2,1-2H3,(H,31,32). The summed E-state index contributed by atoms with van der Waals surface area (Å²) in [4.78, 5) is 11.8. The maximum absolute atomic E-state index is 11.8. The second-order valence-electron chi connectivity index (χ2n) is 10.2. The quantitative estimate of drug-likeness (QED) is 0.0637. The number of carboxylic acid groups (broad SMARTS) is 1. The lowest BCUT2D eigenvalue weighted by atomic mass is 9.95. The van der Waals surface area contributed by atoms with E-state index in [1.807, 2.05) is 30.0 Å². The summed E-state index contributed by atoms with van der Waals surface area (Å²) in [5.41, 5.74) is 0.149. The Hall–Kier alpha value is -0.460. The minimum Gasteiger partial charge on any atom is -0.479 e. The zero-order chi connectivity index (χ0) is 27.9. The highest BCUT2D eigenvalue weighted by Crippen LogP contribution is 2.37. The third-order valence-corrected chi connectivity index (χ3v) is 10.6. The lowest BCUT2D eigenvalue weighted by molar-refractivity contribution is -0.155. The van der Waals surface area contributed by atoms with Gasteiger partial charge < -0.3 is 19.5 Å². The Morgan fingerprint density at radius 3 is 2.05 bits per heavy atom. The van der Waals surface area contributed by atoms with Crippen molar-refractivity contribution in [2.45, 2.75) is 120 Å². The molecule has 0 radical (unpaired) electrons. The highest BCUT2D eigenvalue weighted by atomic mass is 32.2. The van der Waals surface area contributed by atoms with Gasteiger partial charge in [-0.2, -0.15) is 11.8 Å². The largest absolute Gasteiger partial charge is 0.479 e. The fraction of sp³-hybridized carbons (Fsp3) is 0.767. The summed E-state index contributed by atoms with van der Waals surface area (Å²) in [7, 11) is -1.95. The molecule has 0 heterocycles. The van der Waals surface area contributed by atoms with E-state index in [-0.39, 0.29) is 5.92 Å². The molecule has 1 rings (SSSR count). The van der Waals surface area contributed by atoms with Crippen molar-refractivity contribution in [1.82, 2.24) is 0 Å². The molecule has 2 N–H and O–H groups in total. The van der Waals surface area contributed by atoms with Gasteiger partial charge in [-0.3, -0.25) is 0 Å². The highest BCUT2D eigenvalue weighted by Gasteiger charge is 2.45. The molecule has 0 saturated heterocycles. The van der Waals surface area contributed by atoms with Crippen LogP contribution < -0.4 is 0 Å². The van der Waals surface area contributed by atoms with E-state index in [1.54, 1.807) is 0 Å². The van der Waals surface area contributed by atoms with Crippen LogP contribution in [-0.4, -0.2) is 50.8 Å². The van der Waals surface area contributed by atoms with Gasteiger partial charge in [0.25, 0.3) is 0 Å². The number of ether oxygens (including phenoxy) is 1. The van der Waals surface area contributed by atoms with Gasteiger partial charge in [0, 0.05) is 12.4 Å². The topological polar surface area (TPSA) is 83.8 Å². The zero-order valence-corrected chi connectivity index (χ0v) is 26.6. The van der Waals surface area contributed by atoms with Gasteiger partial charge in [-0.05, 0) is 42.2 Å². The van der Waals surface area contributed by atoms with Gasteiger partial charge in [-0.15, -0.1) is 11.8 Å². The van der Waals surface area contributed by atoms with Crippen LogP contribution in [-0.2, 0) is 14.1 Å². The molecular weight excluding hydrogens is 535 g/mol. The molecular formula is C30H53O5PS2. The van der Waals surface area contributed by atoms with Crippen molar-refractivity contribution < 1.29 is 24.3 Å². The Kier molecular flexibility index (Phi) is 21.8. The molecule has 0 bridgehead atoms. The van der Waals surface area contributed by atoms with E-state index in [0.717, 1.165) is 37.2 Å². The molecule has 220 valence electrons. The Balaban J connectivity index is 2.38. The number of carboxylic acids is 1. The maximum atomic E-state index is 11.8. The van der Waals surface area contributed by atoms with Crippen LogP contribution in [0.15, 0.2) is 30.3 Å². The summed E-state index contributed by atoms with van der Waals surface area (Å²) in [5, 5.41) is 18.0. The number of hydrogen-bond donors (Lipinski definition) is 2. The van der Waals surface area contributed by atoms with Gasteiger partial charge in [0.2, 0.25) is 5.34 Å². The molecule has 4 unspecified atom stereocenters. The van der Waals surface area contributed by atoms with Crippen LogP contribution in [0.3, 0.4) is 0 Å². The van der Waals surface area contributed by atoms with Crippen molar-refractivity contribution in [2.75, 3.05) is 23.9 Å². The zero-order valence-electron chi connectivity index (χ0n) is 23.8. The Bertz CT molecular complexity index is 724. The fourth-order valence-corrected chi connectivity index (χ4v) is 7.39. The normalized spacial score (nSPS) is 15.0. The average molecular weight is 589 g/mol. The predicted molar refractivity (Wildman–Crippen MR) is 168 cm³/mol. The number of thioether (sulfide) groups is 2. The second-order valence-corrected chi connectivity index (χ2v) is 13.6. The van der Waals surface area contributed by atoms with Crippen LogP contribution >= 0.6 is 32.0 Å². The van der Waals surface area contributed by atoms with Crippen molar-refractivity contribution in [2.24, 2.45) is 0 Å². The third-order valence-electron chi connectivity index (χ3n) is 6.85. The number of aliphatic hydroxyl groups is 1. The van der Waals surface area contributed by atoms with E-state index in [4.69, 9.17) is 4.74 Å². The fourth-order valence-electron chi connectivity index (χ4n) is 4.38. The van der Waals surface area contributed by atoms with Crippen LogP contribution in [0.1, 0.15) is 115 Å². The molecule has 0 aromatic heterocycles. The van der Waals surface area contributed by atoms with Crippen molar-refractivity contribution in [3.8, 4) is 0 Å². The van der Waals surface area contributed by atoms with Crippen LogP contribution in [0.25, 0.3) is 0 Å². The molecule has 0 aliphatic rings. The van der Waals surface area contributed by atoms with Crippen molar-refractivity contribution in [3.05, 3.63) is 35.9 Å². The highest BCUT2D eigenvalue weighted by molar-refractivity contribution is 8.00. The number of hydrogen-bond acceptors (Lipinski definition) is 6. The van der Waals surface area contributed by atoms with Crippen LogP contribution in [0.4, 0.5) is 0 Å². The SMILES string of the molecule is CCCCCCCCCCCCSCCCOC(SCC(CCCC)c1ccccc1)C(O)([PH2]=O)C(=O)O. The molecule has 38 heavy (non-hydrogen) atoms. The molecule has 0 saturated carbocycles. The van der Waals surface area contributed by atoms with Crippen molar-refractivity contribution in [3.63, 3.8) is 0 Å². The molecule has 0 spiro atoms. The molecule has 0 amide bonds. The van der Waals surface area contributed by atoms with Crippen LogP contribution in [0.2, 0.25) is 0 Å². The van der Waals surface area contributed by atoms with Gasteiger partial charge in [0.1, 0.15) is 13.9 Å². The molecule has 8 heteroatoms. The number of aliphatic carboxylic acids is 1. The predicted octanol–water partition coefficient (Wildman–Crippen LogP) is 8.61.